The van der Waals surface area contributed by atoms with E-state index in [1.54, 1.807) is 20.8 Å². The van der Waals surface area contributed by atoms with Gasteiger partial charge in [-0.25, -0.2) is 8.42 Å². The Hall–Kier alpha value is -0.620. The smallest absolute Gasteiger partial charge is 0.323 e. The van der Waals surface area contributed by atoms with Gasteiger partial charge in [0.05, 0.1) is 5.25 Å². The number of hydrogen-bond acceptors (Lipinski definition) is 4. The molecule has 1 fully saturated rings. The maximum atomic E-state index is 12.1. The Morgan fingerprint density at radius 3 is 2.31 bits per heavy atom. The fraction of sp³-hybridized carbons (Fsp3) is 0.900. The van der Waals surface area contributed by atoms with E-state index in [1.165, 1.54) is 0 Å². The highest BCUT2D eigenvalue weighted by atomic mass is 32.2. The SMILES string of the molecule is CCC1NC(C)(C)C(C(=O)O)S(=O)(=O)C1C. The van der Waals surface area contributed by atoms with Crippen LogP contribution in [0.15, 0.2) is 0 Å². The molecule has 6 heteroatoms. The third-order valence-corrected chi connectivity index (χ3v) is 6.10. The maximum Gasteiger partial charge on any atom is 0.323 e. The van der Waals surface area contributed by atoms with E-state index in [-0.39, 0.29) is 6.04 Å². The summed E-state index contributed by atoms with van der Waals surface area (Å²) in [5, 5.41) is 10.1. The van der Waals surface area contributed by atoms with Gasteiger partial charge in [-0.2, -0.15) is 0 Å². The molecule has 0 bridgehead atoms. The van der Waals surface area contributed by atoms with Gasteiger partial charge in [0.2, 0.25) is 0 Å². The molecule has 0 aliphatic carbocycles. The van der Waals surface area contributed by atoms with Crippen LogP contribution >= 0.6 is 0 Å². The predicted molar refractivity (Wildman–Crippen MR) is 61.1 cm³/mol. The standard InChI is InChI=1S/C10H19NO4S/c1-5-7-6(2)16(14,15)8(9(12)13)10(3,4)11-7/h6-8,11H,5H2,1-4H3,(H,12,13). The first kappa shape index (κ1) is 13.4. The lowest BCUT2D eigenvalue weighted by Gasteiger charge is -2.44. The molecular formula is C10H19NO4S. The van der Waals surface area contributed by atoms with Gasteiger partial charge < -0.3 is 10.4 Å². The van der Waals surface area contributed by atoms with E-state index in [9.17, 15) is 13.2 Å². The number of carboxylic acid groups (broad SMARTS) is 1. The van der Waals surface area contributed by atoms with Gasteiger partial charge in [-0.05, 0) is 27.2 Å². The third-order valence-electron chi connectivity index (χ3n) is 3.29. The van der Waals surface area contributed by atoms with Crippen LogP contribution in [0.4, 0.5) is 0 Å². The number of rotatable bonds is 2. The lowest BCUT2D eigenvalue weighted by Crippen LogP contribution is -2.68. The van der Waals surface area contributed by atoms with Crippen LogP contribution in [0.1, 0.15) is 34.1 Å². The first-order valence-corrected chi connectivity index (χ1v) is 6.98. The van der Waals surface area contributed by atoms with Crippen LogP contribution in [-0.4, -0.2) is 41.6 Å². The molecule has 1 aliphatic heterocycles. The molecule has 1 aliphatic rings. The second-order valence-corrected chi connectivity index (χ2v) is 7.29. The van der Waals surface area contributed by atoms with Crippen molar-refractivity contribution in [1.29, 1.82) is 0 Å². The van der Waals surface area contributed by atoms with Crippen molar-refractivity contribution < 1.29 is 18.3 Å². The largest absolute Gasteiger partial charge is 0.480 e. The minimum Gasteiger partial charge on any atom is -0.480 e. The zero-order valence-electron chi connectivity index (χ0n) is 10.0. The Bertz CT molecular complexity index is 388. The van der Waals surface area contributed by atoms with Crippen molar-refractivity contribution in [2.24, 2.45) is 0 Å². The van der Waals surface area contributed by atoms with Crippen LogP contribution in [-0.2, 0) is 14.6 Å². The zero-order chi connectivity index (χ0) is 12.7. The normalized spacial score (nSPS) is 36.9. The van der Waals surface area contributed by atoms with Gasteiger partial charge in [0.1, 0.15) is 0 Å². The lowest BCUT2D eigenvalue weighted by molar-refractivity contribution is -0.138. The topological polar surface area (TPSA) is 83.5 Å². The molecule has 1 saturated heterocycles. The quantitative estimate of drug-likeness (QED) is 0.740. The van der Waals surface area contributed by atoms with E-state index in [4.69, 9.17) is 5.11 Å². The van der Waals surface area contributed by atoms with E-state index in [2.05, 4.69) is 5.32 Å². The third kappa shape index (κ3) is 1.96. The molecule has 16 heavy (non-hydrogen) atoms. The predicted octanol–water partition coefficient (Wildman–Crippen LogP) is 0.403. The zero-order valence-corrected chi connectivity index (χ0v) is 10.8. The van der Waals surface area contributed by atoms with Crippen LogP contribution in [0.3, 0.4) is 0 Å². The average molecular weight is 249 g/mol. The number of carboxylic acids is 1. The molecule has 5 nitrogen and oxygen atoms in total. The minimum atomic E-state index is -3.63. The Morgan fingerprint density at radius 2 is 1.94 bits per heavy atom. The highest BCUT2D eigenvalue weighted by molar-refractivity contribution is 7.93. The van der Waals surface area contributed by atoms with Gasteiger partial charge in [0.25, 0.3) is 0 Å². The van der Waals surface area contributed by atoms with Crippen molar-refractivity contribution in [2.45, 2.75) is 56.2 Å². The van der Waals surface area contributed by atoms with E-state index in [0.717, 1.165) is 0 Å². The van der Waals surface area contributed by atoms with Gasteiger partial charge in [0, 0.05) is 11.6 Å². The highest BCUT2D eigenvalue weighted by Crippen LogP contribution is 2.30. The molecule has 3 unspecified atom stereocenters. The summed E-state index contributed by atoms with van der Waals surface area (Å²) < 4.78 is 24.2. The molecule has 0 saturated carbocycles. The molecule has 0 aromatic rings. The number of sulfone groups is 1. The molecule has 0 radical (unpaired) electrons. The highest BCUT2D eigenvalue weighted by Gasteiger charge is 2.53. The van der Waals surface area contributed by atoms with Crippen LogP contribution in [0.2, 0.25) is 0 Å². The van der Waals surface area contributed by atoms with Gasteiger partial charge >= 0.3 is 5.97 Å². The van der Waals surface area contributed by atoms with E-state index in [1.807, 2.05) is 6.92 Å². The molecule has 0 amide bonds. The molecular weight excluding hydrogens is 230 g/mol. The van der Waals surface area contributed by atoms with Gasteiger partial charge in [0.15, 0.2) is 15.1 Å². The summed E-state index contributed by atoms with van der Waals surface area (Å²) in [5.41, 5.74) is -0.933. The van der Waals surface area contributed by atoms with E-state index in [0.29, 0.717) is 6.42 Å². The Labute approximate surface area is 96.1 Å². The fourth-order valence-corrected chi connectivity index (χ4v) is 4.73. The molecule has 0 aromatic carbocycles. The van der Waals surface area contributed by atoms with Crippen molar-refractivity contribution in [1.82, 2.24) is 5.32 Å². The molecule has 1 heterocycles. The molecule has 1 rings (SSSR count). The Morgan fingerprint density at radius 1 is 1.44 bits per heavy atom. The van der Waals surface area contributed by atoms with E-state index >= 15 is 0 Å². The molecule has 0 spiro atoms. The number of nitrogens with one attached hydrogen (secondary N) is 1. The summed E-state index contributed by atoms with van der Waals surface area (Å²) in [4.78, 5) is 11.1. The molecule has 94 valence electrons. The van der Waals surface area contributed by atoms with Crippen molar-refractivity contribution in [2.75, 3.05) is 0 Å². The average Bonchev–Trinajstić information content (AvgIpc) is 2.09. The fourth-order valence-electron chi connectivity index (χ4n) is 2.41. The Kier molecular flexibility index (Phi) is 3.36. The monoisotopic (exact) mass is 249 g/mol. The molecule has 3 atom stereocenters. The van der Waals surface area contributed by atoms with Crippen molar-refractivity contribution in [3.05, 3.63) is 0 Å². The summed E-state index contributed by atoms with van der Waals surface area (Å²) in [6.07, 6.45) is 0.663. The molecule has 0 aromatic heterocycles. The summed E-state index contributed by atoms with van der Waals surface area (Å²) in [7, 11) is -3.63. The van der Waals surface area contributed by atoms with Gasteiger partial charge in [-0.3, -0.25) is 4.79 Å². The Balaban J connectivity index is 3.26. The summed E-state index contributed by atoms with van der Waals surface area (Å²) in [6, 6.07) is -0.185. The first-order valence-electron chi connectivity index (χ1n) is 5.37. The summed E-state index contributed by atoms with van der Waals surface area (Å²) >= 11 is 0. The van der Waals surface area contributed by atoms with Gasteiger partial charge in [-0.15, -0.1) is 0 Å². The molecule has 2 N–H and O–H groups in total. The van der Waals surface area contributed by atoms with E-state index < -0.39 is 31.8 Å². The number of hydrogen-bond donors (Lipinski definition) is 2. The van der Waals surface area contributed by atoms with Crippen molar-refractivity contribution >= 4 is 15.8 Å². The van der Waals surface area contributed by atoms with Crippen LogP contribution in [0.25, 0.3) is 0 Å². The maximum absolute atomic E-state index is 12.1. The summed E-state index contributed by atoms with van der Waals surface area (Å²) in [6.45, 7) is 6.71. The number of aliphatic carboxylic acids is 1. The van der Waals surface area contributed by atoms with Crippen molar-refractivity contribution in [3.63, 3.8) is 0 Å². The lowest BCUT2D eigenvalue weighted by atomic mass is 9.96. The van der Waals surface area contributed by atoms with Crippen LogP contribution in [0.5, 0.6) is 0 Å². The first-order chi connectivity index (χ1) is 7.14. The van der Waals surface area contributed by atoms with Gasteiger partial charge in [-0.1, -0.05) is 6.92 Å². The van der Waals surface area contributed by atoms with Crippen molar-refractivity contribution in [3.8, 4) is 0 Å². The van der Waals surface area contributed by atoms with Crippen LogP contribution < -0.4 is 5.32 Å². The second kappa shape index (κ2) is 4.00. The minimum absolute atomic E-state index is 0.185. The summed E-state index contributed by atoms with van der Waals surface area (Å²) in [5.74, 6) is -1.28. The second-order valence-electron chi connectivity index (χ2n) is 4.89. The number of carbonyl (C=O) groups is 1. The van der Waals surface area contributed by atoms with Crippen LogP contribution in [0, 0.1) is 0 Å².